The molecule has 0 aromatic carbocycles. The van der Waals surface area contributed by atoms with Crippen LogP contribution in [0, 0.1) is 0 Å². The van der Waals surface area contributed by atoms with Gasteiger partial charge in [0.15, 0.2) is 0 Å². The summed E-state index contributed by atoms with van der Waals surface area (Å²) in [6, 6.07) is 0. The molecule has 0 rings (SSSR count). The van der Waals surface area contributed by atoms with Gasteiger partial charge in [0.25, 0.3) is 7.82 Å². The van der Waals surface area contributed by atoms with Crippen molar-refractivity contribution in [1.82, 2.24) is 0 Å². The molecule has 1 N–H and O–H groups in total. The van der Waals surface area contributed by atoms with Crippen molar-refractivity contribution in [3.63, 3.8) is 0 Å². The Bertz CT molecular complexity index is 967. The van der Waals surface area contributed by atoms with Gasteiger partial charge in [0.05, 0.1) is 27.7 Å². The van der Waals surface area contributed by atoms with Crippen molar-refractivity contribution < 1.29 is 37.6 Å². The van der Waals surface area contributed by atoms with Crippen LogP contribution in [-0.4, -0.2) is 69.2 Å². The molecular weight excluding hydrogens is 734 g/mol. The fourth-order valence-electron chi connectivity index (χ4n) is 6.92. The molecule has 0 radical (unpaired) electrons. The molecule has 0 aliphatic rings. The minimum absolute atomic E-state index is 0.00614. The zero-order valence-electron chi connectivity index (χ0n) is 38.0. The summed E-state index contributed by atoms with van der Waals surface area (Å²) in [5.74, 6) is -0.382. The SMILES string of the molecule is CCCCCCC/C=C\C/C=C\CCCCCCCCCCCCCCCCCCCCCCCCCCCC(=O)OCC(O)COP(=O)([O-])OCC[N+](C)(C)C. The topological polar surface area (TPSA) is 105 Å². The third kappa shape index (κ3) is 47.5. The van der Waals surface area contributed by atoms with Gasteiger partial charge in [-0.1, -0.05) is 205 Å². The van der Waals surface area contributed by atoms with Gasteiger partial charge in [-0.3, -0.25) is 9.36 Å². The largest absolute Gasteiger partial charge is 0.756 e. The van der Waals surface area contributed by atoms with E-state index in [0.29, 0.717) is 17.4 Å². The molecule has 2 atom stereocenters. The van der Waals surface area contributed by atoms with Gasteiger partial charge in [-0.2, -0.15) is 0 Å². The molecule has 0 heterocycles. The van der Waals surface area contributed by atoms with Crippen molar-refractivity contribution in [3.05, 3.63) is 24.3 Å². The van der Waals surface area contributed by atoms with Gasteiger partial charge in [0.1, 0.15) is 25.9 Å². The summed E-state index contributed by atoms with van der Waals surface area (Å²) in [6.45, 7) is 1.97. The van der Waals surface area contributed by atoms with Crippen molar-refractivity contribution >= 4 is 13.8 Å². The van der Waals surface area contributed by atoms with Crippen LogP contribution in [0.15, 0.2) is 24.3 Å². The van der Waals surface area contributed by atoms with E-state index in [-0.39, 0.29) is 19.2 Å². The number of likely N-dealkylation sites (N-methyl/N-ethyl adjacent to an activating group) is 1. The third-order valence-electron chi connectivity index (χ3n) is 10.7. The minimum atomic E-state index is -4.50. The summed E-state index contributed by atoms with van der Waals surface area (Å²) < 4.78 is 26.9. The maximum Gasteiger partial charge on any atom is 0.305 e. The molecule has 2 unspecified atom stereocenters. The summed E-state index contributed by atoms with van der Waals surface area (Å²) in [4.78, 5) is 23.7. The first-order valence-electron chi connectivity index (χ1n) is 24.1. The second kappa shape index (κ2) is 41.7. The van der Waals surface area contributed by atoms with Gasteiger partial charge in [0, 0.05) is 6.42 Å². The first-order valence-corrected chi connectivity index (χ1v) is 25.6. The molecule has 0 bridgehead atoms. The van der Waals surface area contributed by atoms with Crippen molar-refractivity contribution in [2.75, 3.05) is 47.5 Å². The van der Waals surface area contributed by atoms with Crippen LogP contribution in [0.1, 0.15) is 225 Å². The average molecular weight is 828 g/mol. The van der Waals surface area contributed by atoms with Crippen LogP contribution in [0.5, 0.6) is 0 Å². The molecular formula is C48H94NO7P. The number of hydrogen-bond acceptors (Lipinski definition) is 7. The average Bonchev–Trinajstić information content (AvgIpc) is 3.17. The molecule has 0 aliphatic carbocycles. The van der Waals surface area contributed by atoms with E-state index < -0.39 is 20.5 Å². The number of carbonyl (C=O) groups excluding carboxylic acids is 1. The molecule has 0 amide bonds. The predicted molar refractivity (Wildman–Crippen MR) is 240 cm³/mol. The molecule has 338 valence electrons. The molecule has 8 nitrogen and oxygen atoms in total. The van der Waals surface area contributed by atoms with Crippen molar-refractivity contribution in [2.24, 2.45) is 0 Å². The van der Waals surface area contributed by atoms with Gasteiger partial charge in [-0.15, -0.1) is 0 Å². The lowest BCUT2D eigenvalue weighted by molar-refractivity contribution is -0.870. The number of aliphatic hydroxyl groups is 1. The fourth-order valence-corrected chi connectivity index (χ4v) is 7.65. The maximum atomic E-state index is 11.9. The zero-order chi connectivity index (χ0) is 42.0. The Kier molecular flexibility index (Phi) is 41.0. The highest BCUT2D eigenvalue weighted by Crippen LogP contribution is 2.38. The highest BCUT2D eigenvalue weighted by atomic mass is 31.2. The quantitative estimate of drug-likeness (QED) is 0.0214. The minimum Gasteiger partial charge on any atom is -0.756 e. The highest BCUT2D eigenvalue weighted by molar-refractivity contribution is 7.45. The number of rotatable bonds is 45. The molecule has 0 fully saturated rings. The summed E-state index contributed by atoms with van der Waals surface area (Å²) in [5, 5.41) is 9.90. The number of phosphoric ester groups is 1. The lowest BCUT2D eigenvalue weighted by Gasteiger charge is -2.27. The number of carbonyl (C=O) groups is 1. The van der Waals surface area contributed by atoms with Crippen molar-refractivity contribution in [2.45, 2.75) is 231 Å². The van der Waals surface area contributed by atoms with E-state index in [4.69, 9.17) is 13.8 Å². The first-order chi connectivity index (χ1) is 27.6. The van der Waals surface area contributed by atoms with Gasteiger partial charge < -0.3 is 28.3 Å². The molecule has 0 saturated carbocycles. The Morgan fingerprint density at radius 3 is 1.32 bits per heavy atom. The maximum absolute atomic E-state index is 11.9. The van der Waals surface area contributed by atoms with Gasteiger partial charge >= 0.3 is 5.97 Å². The van der Waals surface area contributed by atoms with Crippen molar-refractivity contribution in [1.29, 1.82) is 0 Å². The van der Waals surface area contributed by atoms with E-state index in [2.05, 4.69) is 31.2 Å². The molecule has 9 heteroatoms. The molecule has 0 spiro atoms. The number of esters is 1. The summed E-state index contributed by atoms with van der Waals surface area (Å²) >= 11 is 0. The van der Waals surface area contributed by atoms with Crippen LogP contribution in [0.2, 0.25) is 0 Å². The number of ether oxygens (including phenoxy) is 1. The number of nitrogens with zero attached hydrogens (tertiary/aromatic N) is 1. The monoisotopic (exact) mass is 828 g/mol. The van der Waals surface area contributed by atoms with E-state index in [1.165, 1.54) is 186 Å². The summed E-state index contributed by atoms with van der Waals surface area (Å²) in [5.41, 5.74) is 0. The van der Waals surface area contributed by atoms with Crippen LogP contribution in [0.25, 0.3) is 0 Å². The molecule has 0 aliphatic heterocycles. The number of quaternary nitrogens is 1. The number of aliphatic hydroxyl groups excluding tert-OH is 1. The van der Waals surface area contributed by atoms with Crippen LogP contribution in [0.3, 0.4) is 0 Å². The lowest BCUT2D eigenvalue weighted by Crippen LogP contribution is -2.37. The Morgan fingerprint density at radius 1 is 0.561 bits per heavy atom. The van der Waals surface area contributed by atoms with Gasteiger partial charge in [0.2, 0.25) is 0 Å². The van der Waals surface area contributed by atoms with Crippen molar-refractivity contribution in [3.8, 4) is 0 Å². The van der Waals surface area contributed by atoms with E-state index in [9.17, 15) is 19.4 Å². The Morgan fingerprint density at radius 2 is 0.930 bits per heavy atom. The fraction of sp³-hybridized carbons (Fsp3) is 0.896. The number of phosphoric acid groups is 1. The van der Waals surface area contributed by atoms with E-state index in [0.717, 1.165) is 25.7 Å². The standard InChI is InChI=1S/C48H94NO7P/c1-5-6-7-8-9-10-11-12-13-14-15-16-17-18-19-20-21-22-23-24-25-26-27-28-29-30-31-32-33-34-35-36-37-38-39-40-41-42-48(51)54-45-47(50)46-56-57(52,53)55-44-43-49(2,3)4/h11-12,14-15,47,50H,5-10,13,16-46H2,1-4H3/b12-11-,15-14-. The molecule has 0 aromatic heterocycles. The van der Waals surface area contributed by atoms with Crippen LogP contribution >= 0.6 is 7.82 Å². The number of hydrogen-bond donors (Lipinski definition) is 1. The predicted octanol–water partition coefficient (Wildman–Crippen LogP) is 13.5. The second-order valence-corrected chi connectivity index (χ2v) is 19.1. The summed E-state index contributed by atoms with van der Waals surface area (Å²) in [7, 11) is 1.26. The lowest BCUT2D eigenvalue weighted by atomic mass is 10.0. The third-order valence-corrected chi connectivity index (χ3v) is 11.7. The Labute approximate surface area is 353 Å². The Hall–Kier alpha value is -1.02. The molecule has 57 heavy (non-hydrogen) atoms. The second-order valence-electron chi connectivity index (χ2n) is 17.7. The number of allylic oxidation sites excluding steroid dienone is 4. The number of unbranched alkanes of at least 4 members (excludes halogenated alkanes) is 30. The Balaban J connectivity index is 3.31. The van der Waals surface area contributed by atoms with E-state index >= 15 is 0 Å². The molecule has 0 saturated heterocycles. The van der Waals surface area contributed by atoms with Gasteiger partial charge in [-0.25, -0.2) is 0 Å². The summed E-state index contributed by atoms with van der Waals surface area (Å²) in [6.07, 6.45) is 52.4. The first kappa shape index (κ1) is 56.0. The van der Waals surface area contributed by atoms with E-state index in [1.807, 2.05) is 21.1 Å². The smallest absolute Gasteiger partial charge is 0.305 e. The van der Waals surface area contributed by atoms with Crippen LogP contribution in [-0.2, 0) is 23.1 Å². The van der Waals surface area contributed by atoms with Crippen LogP contribution in [0.4, 0.5) is 0 Å². The van der Waals surface area contributed by atoms with Crippen LogP contribution < -0.4 is 4.89 Å². The van der Waals surface area contributed by atoms with E-state index in [1.54, 1.807) is 0 Å². The zero-order valence-corrected chi connectivity index (χ0v) is 38.9. The highest BCUT2D eigenvalue weighted by Gasteiger charge is 2.17. The molecule has 0 aromatic rings. The normalized spacial score (nSPS) is 13.9. The van der Waals surface area contributed by atoms with Gasteiger partial charge in [-0.05, 0) is 38.5 Å².